The van der Waals surface area contributed by atoms with Crippen LogP contribution in [0.3, 0.4) is 0 Å². The van der Waals surface area contributed by atoms with Gasteiger partial charge in [-0.2, -0.15) is 0 Å². The molecule has 0 spiro atoms. The Hall–Kier alpha value is -8.90. The lowest BCUT2D eigenvalue weighted by molar-refractivity contribution is 0.219. The molecule has 0 aliphatic carbocycles. The lowest BCUT2D eigenvalue weighted by Gasteiger charge is -2.28. The highest BCUT2D eigenvalue weighted by Crippen LogP contribution is 2.63. The van der Waals surface area contributed by atoms with Crippen molar-refractivity contribution in [3.63, 3.8) is 0 Å². The van der Waals surface area contributed by atoms with Crippen molar-refractivity contribution in [1.82, 2.24) is 0 Å². The fourth-order valence-electron chi connectivity index (χ4n) is 10.2. The molecule has 3 heterocycles. The van der Waals surface area contributed by atoms with Gasteiger partial charge >= 0.3 is 0 Å². The molecule has 338 valence electrons. The second-order valence-corrected chi connectivity index (χ2v) is 17.4. The summed E-state index contributed by atoms with van der Waals surface area (Å²) in [6.07, 6.45) is 1.25. The van der Waals surface area contributed by atoms with Crippen LogP contribution in [0.15, 0.2) is 152 Å². The van der Waals surface area contributed by atoms with Crippen molar-refractivity contribution >= 4 is 12.2 Å². The van der Waals surface area contributed by atoms with Gasteiger partial charge < -0.3 is 60.2 Å². The quantitative estimate of drug-likeness (QED) is 0.0652. The van der Waals surface area contributed by atoms with Gasteiger partial charge in [-0.1, -0.05) is 60.7 Å². The molecule has 0 saturated carbocycles. The van der Waals surface area contributed by atoms with Crippen LogP contribution in [-0.4, -0.2) is 46.0 Å². The van der Waals surface area contributed by atoms with Crippen LogP contribution in [0.25, 0.3) is 12.2 Å². The van der Waals surface area contributed by atoms with Gasteiger partial charge in [0.05, 0.1) is 17.8 Å². The highest BCUT2D eigenvalue weighted by molar-refractivity contribution is 5.76. The average molecular weight is 907 g/mol. The number of aromatic hydroxyl groups is 9. The van der Waals surface area contributed by atoms with Gasteiger partial charge in [0.25, 0.3) is 0 Å². The molecule has 0 unspecified atom stereocenters. The molecule has 68 heavy (non-hydrogen) atoms. The molecule has 12 nitrogen and oxygen atoms in total. The van der Waals surface area contributed by atoms with E-state index in [9.17, 15) is 46.0 Å². The first kappa shape index (κ1) is 41.8. The first-order chi connectivity index (χ1) is 32.8. The van der Waals surface area contributed by atoms with Crippen molar-refractivity contribution in [2.75, 3.05) is 0 Å². The summed E-state index contributed by atoms with van der Waals surface area (Å²) in [7, 11) is 0. The monoisotopic (exact) mass is 906 g/mol. The second kappa shape index (κ2) is 16.2. The molecule has 0 bridgehead atoms. The summed E-state index contributed by atoms with van der Waals surface area (Å²) in [6.45, 7) is 0. The highest BCUT2D eigenvalue weighted by atomic mass is 16.5. The van der Waals surface area contributed by atoms with Crippen LogP contribution in [0.4, 0.5) is 0 Å². The van der Waals surface area contributed by atoms with E-state index < -0.39 is 36.1 Å². The van der Waals surface area contributed by atoms with Gasteiger partial charge in [0.15, 0.2) is 0 Å². The fraction of sp³-hybridized carbons (Fsp3) is 0.107. The zero-order chi connectivity index (χ0) is 47.0. The summed E-state index contributed by atoms with van der Waals surface area (Å²) < 4.78 is 20.6. The largest absolute Gasteiger partial charge is 0.508 e. The maximum atomic E-state index is 11.8. The maximum Gasteiger partial charge on any atom is 0.135 e. The van der Waals surface area contributed by atoms with Crippen LogP contribution in [0.2, 0.25) is 0 Å². The van der Waals surface area contributed by atoms with Gasteiger partial charge in [-0.3, -0.25) is 0 Å². The number of phenolic OH excluding ortho intramolecular Hbond substituents is 9. The van der Waals surface area contributed by atoms with Crippen LogP contribution >= 0.6 is 0 Å². The highest BCUT2D eigenvalue weighted by Gasteiger charge is 2.49. The predicted octanol–water partition coefficient (Wildman–Crippen LogP) is 11.0. The van der Waals surface area contributed by atoms with Gasteiger partial charge in [-0.05, 0) is 123 Å². The Labute approximate surface area is 389 Å². The molecule has 6 atom stereocenters. The van der Waals surface area contributed by atoms with Crippen LogP contribution < -0.4 is 14.2 Å². The van der Waals surface area contributed by atoms with E-state index in [2.05, 4.69) is 0 Å². The van der Waals surface area contributed by atoms with E-state index in [4.69, 9.17) is 14.2 Å². The molecule has 0 radical (unpaired) electrons. The standard InChI is InChI=1S/C56H42O12/c57-34-11-2-28(3-12-34)1-4-32-19-40(63)25-45-48(32)52(55(66-45)30-7-15-36(59)16-8-30)44-24-42(65)27-47-51(44)53(56(68-47)31-9-17-37(60)18-10-31)43-23-41(64)26-46-50(43)49(33-20-38(61)22-39(62)21-33)54(67-46)29-5-13-35(58)14-6-29/h1-27,49,52-65H/t49-,52-,53+,54+,55+,56-/m1/s1. The molecule has 11 rings (SSSR count). The number of benzene rings is 8. The summed E-state index contributed by atoms with van der Waals surface area (Å²) in [5, 5.41) is 97.7. The molecular weight excluding hydrogens is 865 g/mol. The van der Waals surface area contributed by atoms with E-state index in [1.807, 2.05) is 12.2 Å². The smallest absolute Gasteiger partial charge is 0.135 e. The minimum atomic E-state index is -0.856. The Bertz CT molecular complexity index is 3250. The van der Waals surface area contributed by atoms with Gasteiger partial charge in [-0.25, -0.2) is 0 Å². The number of hydrogen-bond donors (Lipinski definition) is 9. The summed E-state index contributed by atoms with van der Waals surface area (Å²) in [5.41, 5.74) is 6.86. The third-order valence-electron chi connectivity index (χ3n) is 13.0. The topological polar surface area (TPSA) is 210 Å². The molecule has 0 amide bonds. The van der Waals surface area contributed by atoms with Crippen molar-refractivity contribution in [3.8, 4) is 69.0 Å². The molecule has 0 aromatic heterocycles. The summed E-state index contributed by atoms with van der Waals surface area (Å²) in [6, 6.07) is 40.2. The van der Waals surface area contributed by atoms with Crippen LogP contribution in [0.5, 0.6) is 69.0 Å². The van der Waals surface area contributed by atoms with Crippen molar-refractivity contribution in [1.29, 1.82) is 0 Å². The average Bonchev–Trinajstić information content (AvgIpc) is 4.01. The normalized spacial score (nSPS) is 20.0. The number of ether oxygens (including phenoxy) is 3. The third kappa shape index (κ3) is 7.37. The molecule has 0 fully saturated rings. The minimum Gasteiger partial charge on any atom is -0.508 e. The van der Waals surface area contributed by atoms with Crippen molar-refractivity contribution in [3.05, 3.63) is 213 Å². The van der Waals surface area contributed by atoms with Crippen LogP contribution in [0, 0.1) is 0 Å². The second-order valence-electron chi connectivity index (χ2n) is 17.4. The van der Waals surface area contributed by atoms with Gasteiger partial charge in [0.2, 0.25) is 0 Å². The molecule has 9 N–H and O–H groups in total. The van der Waals surface area contributed by atoms with E-state index in [1.54, 1.807) is 115 Å². The van der Waals surface area contributed by atoms with E-state index in [0.717, 1.165) is 5.56 Å². The Morgan fingerprint density at radius 3 is 1.10 bits per heavy atom. The molecule has 3 aliphatic rings. The summed E-state index contributed by atoms with van der Waals surface area (Å²) in [4.78, 5) is 0. The minimum absolute atomic E-state index is 0.0267. The Morgan fingerprint density at radius 2 is 0.647 bits per heavy atom. The predicted molar refractivity (Wildman–Crippen MR) is 251 cm³/mol. The summed E-state index contributed by atoms with van der Waals surface area (Å²) >= 11 is 0. The first-order valence-electron chi connectivity index (χ1n) is 21.8. The van der Waals surface area contributed by atoms with E-state index in [0.29, 0.717) is 72.9 Å². The molecule has 8 aromatic carbocycles. The Kier molecular flexibility index (Phi) is 9.96. The zero-order valence-electron chi connectivity index (χ0n) is 35.8. The lowest BCUT2D eigenvalue weighted by Crippen LogP contribution is -2.18. The van der Waals surface area contributed by atoms with Crippen LogP contribution in [-0.2, 0) is 0 Å². The third-order valence-corrected chi connectivity index (χ3v) is 13.0. The number of hydrogen-bond acceptors (Lipinski definition) is 12. The zero-order valence-corrected chi connectivity index (χ0v) is 35.8. The molecule has 0 saturated heterocycles. The van der Waals surface area contributed by atoms with Crippen molar-refractivity contribution in [2.24, 2.45) is 0 Å². The number of rotatable bonds is 8. The SMILES string of the molecule is Oc1ccc(C=Cc2cc(O)cc3c2[C@@H](c2cc(O)cc4c2[C@H](c2cc(O)cc5c2[C@@H](c2cc(O)cc(O)c2)[C@H](c2ccc(O)cc2)O5)[C@@H](c2ccc(O)cc2)O4)[C@H](c2ccc(O)cc2)O3)cc1. The lowest BCUT2D eigenvalue weighted by atomic mass is 9.73. The van der Waals surface area contributed by atoms with E-state index >= 15 is 0 Å². The number of phenols is 9. The molecule has 3 aliphatic heterocycles. The maximum absolute atomic E-state index is 11.8. The van der Waals surface area contributed by atoms with Crippen molar-refractivity contribution < 1.29 is 60.2 Å². The van der Waals surface area contributed by atoms with Gasteiger partial charge in [0, 0.05) is 41.0 Å². The van der Waals surface area contributed by atoms with Gasteiger partial charge in [0.1, 0.15) is 87.3 Å². The van der Waals surface area contributed by atoms with Gasteiger partial charge in [-0.15, -0.1) is 0 Å². The summed E-state index contributed by atoms with van der Waals surface area (Å²) in [5.74, 6) is -1.73. The Morgan fingerprint density at radius 1 is 0.294 bits per heavy atom. The Balaban J connectivity index is 1.18. The van der Waals surface area contributed by atoms with Crippen LogP contribution in [0.1, 0.15) is 97.3 Å². The molecule has 12 heteroatoms. The van der Waals surface area contributed by atoms with E-state index in [-0.39, 0.29) is 51.7 Å². The van der Waals surface area contributed by atoms with E-state index in [1.165, 1.54) is 36.4 Å². The first-order valence-corrected chi connectivity index (χ1v) is 21.8. The molecular formula is C56H42O12. The fourth-order valence-corrected chi connectivity index (χ4v) is 10.2. The molecule has 8 aromatic rings. The number of fused-ring (bicyclic) bond motifs is 3. The van der Waals surface area contributed by atoms with Crippen molar-refractivity contribution in [2.45, 2.75) is 36.1 Å².